The molecule has 0 aliphatic heterocycles. The van der Waals surface area contributed by atoms with Crippen molar-refractivity contribution in [3.05, 3.63) is 21.5 Å². The van der Waals surface area contributed by atoms with Crippen LogP contribution in [0.1, 0.15) is 10.5 Å². The lowest BCUT2D eigenvalue weighted by atomic mass is 10.3. The average Bonchev–Trinajstić information content (AvgIpc) is 2.59. The molecule has 0 aromatic carbocycles. The highest BCUT2D eigenvalue weighted by Crippen LogP contribution is 2.16. The summed E-state index contributed by atoms with van der Waals surface area (Å²) in [5.74, 6) is -0.454. The van der Waals surface area contributed by atoms with E-state index in [4.69, 9.17) is 0 Å². The van der Waals surface area contributed by atoms with Crippen molar-refractivity contribution in [1.82, 2.24) is 15.2 Å². The van der Waals surface area contributed by atoms with Crippen molar-refractivity contribution < 1.29 is 9.53 Å². The first-order chi connectivity index (χ1) is 6.72. The number of esters is 1. The van der Waals surface area contributed by atoms with Gasteiger partial charge in [-0.25, -0.2) is 9.78 Å². The Morgan fingerprint density at radius 1 is 1.57 bits per heavy atom. The van der Waals surface area contributed by atoms with E-state index >= 15 is 0 Å². The third-order valence-corrected chi connectivity index (χ3v) is 2.59. The van der Waals surface area contributed by atoms with Crippen LogP contribution in [-0.2, 0) is 4.74 Å². The molecule has 0 aliphatic carbocycles. The van der Waals surface area contributed by atoms with E-state index in [1.54, 1.807) is 12.1 Å². The third kappa shape index (κ3) is 1.45. The van der Waals surface area contributed by atoms with Crippen LogP contribution in [0.15, 0.2) is 12.1 Å². The van der Waals surface area contributed by atoms with Crippen molar-refractivity contribution in [1.29, 1.82) is 0 Å². The molecule has 2 heterocycles. The number of hydrogen-bond acceptors (Lipinski definition) is 4. The molecule has 0 saturated heterocycles. The van der Waals surface area contributed by atoms with Crippen LogP contribution in [0.4, 0.5) is 0 Å². The number of fused-ring (bicyclic) bond motifs is 1. The summed E-state index contributed by atoms with van der Waals surface area (Å²) in [7, 11) is 1.32. The van der Waals surface area contributed by atoms with Gasteiger partial charge in [-0.2, -0.15) is 5.10 Å². The number of H-pyrrole nitrogens is 1. The number of halogens is 1. The van der Waals surface area contributed by atoms with Crippen LogP contribution in [0.25, 0.3) is 11.0 Å². The van der Waals surface area contributed by atoms with Gasteiger partial charge in [0.05, 0.1) is 12.5 Å². The molecule has 0 saturated carbocycles. The number of aromatic amines is 1. The second-order valence-electron chi connectivity index (χ2n) is 2.60. The highest BCUT2D eigenvalue weighted by Gasteiger charge is 2.10. The lowest BCUT2D eigenvalue weighted by Gasteiger charge is -1.96. The lowest BCUT2D eigenvalue weighted by Crippen LogP contribution is -2.03. The number of hydrogen-bond donors (Lipinski definition) is 1. The smallest absolute Gasteiger partial charge is 0.356 e. The molecule has 0 amide bonds. The summed E-state index contributed by atoms with van der Waals surface area (Å²) in [6.45, 7) is 0. The van der Waals surface area contributed by atoms with Crippen LogP contribution in [0.2, 0.25) is 0 Å². The summed E-state index contributed by atoms with van der Waals surface area (Å²) < 4.78 is 5.45. The normalized spacial score (nSPS) is 10.4. The largest absolute Gasteiger partial charge is 0.464 e. The molecule has 0 bridgehead atoms. The molecule has 2 rings (SSSR count). The van der Waals surface area contributed by atoms with Crippen molar-refractivity contribution >= 4 is 39.6 Å². The molecule has 0 atom stereocenters. The highest BCUT2D eigenvalue weighted by molar-refractivity contribution is 14.1. The molecule has 0 aliphatic rings. The quantitative estimate of drug-likeness (QED) is 0.638. The molecule has 2 aromatic rings. The summed E-state index contributed by atoms with van der Waals surface area (Å²) >= 11 is 2.12. The number of carbonyl (C=O) groups excluding carboxylic acids is 1. The Kier molecular flexibility index (Phi) is 2.36. The van der Waals surface area contributed by atoms with E-state index in [1.807, 2.05) is 0 Å². The standard InChI is InChI=1S/C8H6IN3O2/c1-14-8(13)5-3-2-4-6(9)11-12-7(4)10-5/h2-3H,1H3,(H,10,11,12). The Morgan fingerprint density at radius 3 is 3.07 bits per heavy atom. The molecule has 72 valence electrons. The topological polar surface area (TPSA) is 67.9 Å². The Hall–Kier alpha value is -1.18. The number of aromatic nitrogens is 3. The third-order valence-electron chi connectivity index (χ3n) is 1.77. The second-order valence-corrected chi connectivity index (χ2v) is 3.68. The summed E-state index contributed by atoms with van der Waals surface area (Å²) in [6.07, 6.45) is 0. The minimum Gasteiger partial charge on any atom is -0.464 e. The van der Waals surface area contributed by atoms with Crippen molar-refractivity contribution in [3.63, 3.8) is 0 Å². The van der Waals surface area contributed by atoms with Crippen molar-refractivity contribution in [2.75, 3.05) is 7.11 Å². The molecule has 0 fully saturated rings. The van der Waals surface area contributed by atoms with Gasteiger partial charge in [0.15, 0.2) is 11.3 Å². The number of ether oxygens (including phenoxy) is 1. The second kappa shape index (κ2) is 3.52. The SMILES string of the molecule is COC(=O)c1ccc2c(I)[nH]nc2n1. The Morgan fingerprint density at radius 2 is 2.36 bits per heavy atom. The molecular formula is C8H6IN3O2. The predicted octanol–water partition coefficient (Wildman–Crippen LogP) is 1.35. The van der Waals surface area contributed by atoms with Crippen LogP contribution in [0, 0.1) is 3.70 Å². The lowest BCUT2D eigenvalue weighted by molar-refractivity contribution is 0.0594. The van der Waals surface area contributed by atoms with Gasteiger partial charge in [0.2, 0.25) is 0 Å². The zero-order valence-electron chi connectivity index (χ0n) is 7.24. The fraction of sp³-hybridized carbons (Fsp3) is 0.125. The maximum absolute atomic E-state index is 11.1. The van der Waals surface area contributed by atoms with E-state index < -0.39 is 5.97 Å². The Balaban J connectivity index is 2.57. The molecule has 1 N–H and O–H groups in total. The van der Waals surface area contributed by atoms with Crippen LogP contribution in [0.5, 0.6) is 0 Å². The number of rotatable bonds is 1. The first-order valence-electron chi connectivity index (χ1n) is 3.81. The number of pyridine rings is 1. The van der Waals surface area contributed by atoms with Gasteiger partial charge in [0.1, 0.15) is 3.70 Å². The van der Waals surface area contributed by atoms with E-state index in [1.165, 1.54) is 7.11 Å². The van der Waals surface area contributed by atoms with Crippen LogP contribution in [0.3, 0.4) is 0 Å². The summed E-state index contributed by atoms with van der Waals surface area (Å²) in [5, 5.41) is 7.63. The maximum atomic E-state index is 11.1. The molecule has 5 nitrogen and oxygen atoms in total. The molecular weight excluding hydrogens is 297 g/mol. The van der Waals surface area contributed by atoms with E-state index in [2.05, 4.69) is 42.5 Å². The maximum Gasteiger partial charge on any atom is 0.356 e. The first-order valence-corrected chi connectivity index (χ1v) is 4.89. The van der Waals surface area contributed by atoms with Gasteiger partial charge >= 0.3 is 5.97 Å². The van der Waals surface area contributed by atoms with Crippen LogP contribution >= 0.6 is 22.6 Å². The fourth-order valence-corrected chi connectivity index (χ4v) is 1.63. The van der Waals surface area contributed by atoms with E-state index in [0.717, 1.165) is 9.09 Å². The summed E-state index contributed by atoms with van der Waals surface area (Å²) in [4.78, 5) is 15.2. The molecule has 14 heavy (non-hydrogen) atoms. The van der Waals surface area contributed by atoms with Gasteiger partial charge in [0, 0.05) is 0 Å². The molecule has 0 spiro atoms. The average molecular weight is 303 g/mol. The van der Waals surface area contributed by atoms with Gasteiger partial charge in [-0.1, -0.05) is 0 Å². The first kappa shape index (κ1) is 9.38. The highest BCUT2D eigenvalue weighted by atomic mass is 127. The molecule has 6 heteroatoms. The fourth-order valence-electron chi connectivity index (χ4n) is 1.09. The minimum atomic E-state index is -0.454. The summed E-state index contributed by atoms with van der Waals surface area (Å²) in [5.41, 5.74) is 0.792. The number of carbonyl (C=O) groups is 1. The van der Waals surface area contributed by atoms with Gasteiger partial charge in [-0.3, -0.25) is 5.10 Å². The van der Waals surface area contributed by atoms with Gasteiger partial charge < -0.3 is 4.74 Å². The zero-order chi connectivity index (χ0) is 10.1. The van der Waals surface area contributed by atoms with Crippen LogP contribution < -0.4 is 0 Å². The van der Waals surface area contributed by atoms with Gasteiger partial charge in [0.25, 0.3) is 0 Å². The molecule has 2 aromatic heterocycles. The van der Waals surface area contributed by atoms with E-state index in [9.17, 15) is 4.79 Å². The predicted molar refractivity (Wildman–Crippen MR) is 57.9 cm³/mol. The number of nitrogens with one attached hydrogen (secondary N) is 1. The van der Waals surface area contributed by atoms with Crippen LogP contribution in [-0.4, -0.2) is 28.3 Å². The van der Waals surface area contributed by atoms with E-state index in [-0.39, 0.29) is 5.69 Å². The zero-order valence-corrected chi connectivity index (χ0v) is 9.40. The van der Waals surface area contributed by atoms with Crippen molar-refractivity contribution in [3.8, 4) is 0 Å². The Bertz CT molecular complexity index is 494. The Labute approximate surface area is 93.0 Å². The van der Waals surface area contributed by atoms with Crippen molar-refractivity contribution in [2.45, 2.75) is 0 Å². The molecule has 0 unspecified atom stereocenters. The molecule has 0 radical (unpaired) electrons. The summed E-state index contributed by atoms with van der Waals surface area (Å²) in [6, 6.07) is 3.41. The van der Waals surface area contributed by atoms with Gasteiger partial charge in [-0.15, -0.1) is 0 Å². The monoisotopic (exact) mass is 303 g/mol. The van der Waals surface area contributed by atoms with Gasteiger partial charge in [-0.05, 0) is 34.7 Å². The van der Waals surface area contributed by atoms with E-state index in [0.29, 0.717) is 5.65 Å². The number of methoxy groups -OCH3 is 1. The minimum absolute atomic E-state index is 0.267. The van der Waals surface area contributed by atoms with Crippen molar-refractivity contribution in [2.24, 2.45) is 0 Å². The number of nitrogens with zero attached hydrogens (tertiary/aromatic N) is 2.